The molecule has 0 bridgehead atoms. The summed E-state index contributed by atoms with van der Waals surface area (Å²) in [5.41, 5.74) is 3.66. The number of nitrogens with one attached hydrogen (secondary N) is 1. The van der Waals surface area contributed by atoms with Crippen LogP contribution in [0.25, 0.3) is 22.5 Å². The topological polar surface area (TPSA) is 80.9 Å². The van der Waals surface area contributed by atoms with Crippen LogP contribution in [0.2, 0.25) is 10.0 Å². The van der Waals surface area contributed by atoms with Crippen molar-refractivity contribution in [3.05, 3.63) is 76.6 Å². The highest BCUT2D eigenvalue weighted by Crippen LogP contribution is 2.34. The van der Waals surface area contributed by atoms with Crippen molar-refractivity contribution in [1.29, 1.82) is 0 Å². The lowest BCUT2D eigenvalue weighted by Crippen LogP contribution is -2.14. The van der Waals surface area contributed by atoms with Gasteiger partial charge in [0.05, 0.1) is 17.0 Å². The predicted octanol–water partition coefficient (Wildman–Crippen LogP) is 6.14. The number of benzene rings is 2. The Balaban J connectivity index is 1.50. The number of halogens is 2. The SMILES string of the molecule is Cc1onc(-c2ccc(Cl)cc2)c1-c1ccnc(SCC(=O)Nc2ccc(Cl)cc2)n1. The Bertz CT molecular complexity index is 1210. The molecule has 31 heavy (non-hydrogen) atoms. The monoisotopic (exact) mass is 470 g/mol. The van der Waals surface area contributed by atoms with Gasteiger partial charge in [0.2, 0.25) is 5.91 Å². The van der Waals surface area contributed by atoms with Crippen LogP contribution < -0.4 is 5.32 Å². The number of aromatic nitrogens is 3. The zero-order valence-electron chi connectivity index (χ0n) is 16.3. The molecule has 0 saturated heterocycles. The van der Waals surface area contributed by atoms with Crippen molar-refractivity contribution in [1.82, 2.24) is 15.1 Å². The maximum Gasteiger partial charge on any atom is 0.234 e. The fraction of sp³-hybridized carbons (Fsp3) is 0.0909. The average molecular weight is 471 g/mol. The van der Waals surface area contributed by atoms with Crippen molar-refractivity contribution in [2.45, 2.75) is 12.1 Å². The summed E-state index contributed by atoms with van der Waals surface area (Å²) in [7, 11) is 0. The molecule has 0 spiro atoms. The molecule has 4 rings (SSSR count). The third-order valence-corrected chi connectivity index (χ3v) is 5.70. The van der Waals surface area contributed by atoms with Crippen molar-refractivity contribution in [2.24, 2.45) is 0 Å². The molecule has 6 nitrogen and oxygen atoms in total. The Morgan fingerprint density at radius 2 is 1.71 bits per heavy atom. The highest BCUT2D eigenvalue weighted by molar-refractivity contribution is 7.99. The molecule has 2 heterocycles. The van der Waals surface area contributed by atoms with Gasteiger partial charge in [-0.2, -0.15) is 0 Å². The summed E-state index contributed by atoms with van der Waals surface area (Å²) in [6, 6.07) is 16.1. The number of rotatable bonds is 6. The van der Waals surface area contributed by atoms with Crippen LogP contribution in [-0.4, -0.2) is 26.8 Å². The molecule has 0 atom stereocenters. The van der Waals surface area contributed by atoms with Crippen LogP contribution in [0, 0.1) is 6.92 Å². The maximum absolute atomic E-state index is 12.2. The fourth-order valence-corrected chi connectivity index (χ4v) is 3.77. The Kier molecular flexibility index (Phi) is 6.56. The summed E-state index contributed by atoms with van der Waals surface area (Å²) in [5, 5.41) is 8.74. The van der Waals surface area contributed by atoms with Crippen molar-refractivity contribution in [2.75, 3.05) is 11.1 Å². The summed E-state index contributed by atoms with van der Waals surface area (Å²) >= 11 is 13.1. The van der Waals surface area contributed by atoms with Crippen LogP contribution in [0.15, 0.2) is 70.5 Å². The van der Waals surface area contributed by atoms with Crippen LogP contribution in [-0.2, 0) is 4.79 Å². The Morgan fingerprint density at radius 3 is 2.42 bits per heavy atom. The second kappa shape index (κ2) is 9.51. The van der Waals surface area contributed by atoms with Gasteiger partial charge in [-0.3, -0.25) is 4.79 Å². The zero-order chi connectivity index (χ0) is 21.8. The summed E-state index contributed by atoms with van der Waals surface area (Å²) in [6.07, 6.45) is 1.65. The third kappa shape index (κ3) is 5.25. The van der Waals surface area contributed by atoms with Crippen LogP contribution in [0.5, 0.6) is 0 Å². The van der Waals surface area contributed by atoms with E-state index in [1.165, 1.54) is 11.8 Å². The minimum absolute atomic E-state index is 0.163. The number of nitrogens with zero attached hydrogens (tertiary/aromatic N) is 3. The van der Waals surface area contributed by atoms with Crippen LogP contribution in [0.1, 0.15) is 5.76 Å². The molecular weight excluding hydrogens is 455 g/mol. The number of carbonyl (C=O) groups excluding carboxylic acids is 1. The lowest BCUT2D eigenvalue weighted by Gasteiger charge is -2.06. The summed E-state index contributed by atoms with van der Waals surface area (Å²) in [6.45, 7) is 1.83. The Morgan fingerprint density at radius 1 is 1.03 bits per heavy atom. The van der Waals surface area contributed by atoms with Gasteiger partial charge in [0.25, 0.3) is 0 Å². The van der Waals surface area contributed by atoms with Gasteiger partial charge in [0, 0.05) is 27.5 Å². The standard InChI is InChI=1S/C22H16Cl2N4O2S/c1-13-20(21(28-30-13)14-2-4-15(23)5-3-14)18-10-11-25-22(27-18)31-12-19(29)26-17-8-6-16(24)7-9-17/h2-11H,12H2,1H3,(H,26,29). The van der Waals surface area contributed by atoms with E-state index in [1.807, 2.05) is 19.1 Å². The van der Waals surface area contributed by atoms with E-state index in [0.29, 0.717) is 38.0 Å². The number of aryl methyl sites for hydroxylation is 1. The largest absolute Gasteiger partial charge is 0.360 e. The highest BCUT2D eigenvalue weighted by atomic mass is 35.5. The zero-order valence-corrected chi connectivity index (χ0v) is 18.6. The molecule has 0 aliphatic carbocycles. The van der Waals surface area contributed by atoms with Crippen LogP contribution >= 0.6 is 35.0 Å². The first kappa shape index (κ1) is 21.4. The van der Waals surface area contributed by atoms with Gasteiger partial charge < -0.3 is 9.84 Å². The van der Waals surface area contributed by atoms with E-state index < -0.39 is 0 Å². The number of carbonyl (C=O) groups is 1. The van der Waals surface area contributed by atoms with Gasteiger partial charge in [-0.05, 0) is 49.4 Å². The molecule has 0 fully saturated rings. The summed E-state index contributed by atoms with van der Waals surface area (Å²) in [5.74, 6) is 0.642. The molecule has 1 N–H and O–H groups in total. The highest BCUT2D eigenvalue weighted by Gasteiger charge is 2.18. The first-order chi connectivity index (χ1) is 15.0. The molecule has 2 aromatic heterocycles. The van der Waals surface area contributed by atoms with Crippen molar-refractivity contribution < 1.29 is 9.32 Å². The quantitative estimate of drug-likeness (QED) is 0.269. The third-order valence-electron chi connectivity index (χ3n) is 4.33. The minimum Gasteiger partial charge on any atom is -0.360 e. The van der Waals surface area contributed by atoms with Gasteiger partial charge in [-0.1, -0.05) is 52.3 Å². The average Bonchev–Trinajstić information content (AvgIpc) is 3.16. The second-order valence-corrected chi connectivity index (χ2v) is 8.35. The van der Waals surface area contributed by atoms with Gasteiger partial charge in [-0.15, -0.1) is 0 Å². The van der Waals surface area contributed by atoms with Gasteiger partial charge >= 0.3 is 0 Å². The fourth-order valence-electron chi connectivity index (χ4n) is 2.89. The molecule has 0 saturated carbocycles. The summed E-state index contributed by atoms with van der Waals surface area (Å²) in [4.78, 5) is 21.1. The van der Waals surface area contributed by atoms with Crippen molar-refractivity contribution in [3.63, 3.8) is 0 Å². The molecular formula is C22H16Cl2N4O2S. The molecule has 0 aliphatic heterocycles. The first-order valence-electron chi connectivity index (χ1n) is 9.23. The van der Waals surface area contributed by atoms with Crippen molar-refractivity contribution >= 4 is 46.6 Å². The van der Waals surface area contributed by atoms with Gasteiger partial charge in [0.1, 0.15) is 11.5 Å². The lowest BCUT2D eigenvalue weighted by atomic mass is 10.0. The molecule has 9 heteroatoms. The van der Waals surface area contributed by atoms with Crippen molar-refractivity contribution in [3.8, 4) is 22.5 Å². The van der Waals surface area contributed by atoms with E-state index in [1.54, 1.807) is 48.7 Å². The molecule has 0 aliphatic rings. The number of thioether (sulfide) groups is 1. The second-order valence-electron chi connectivity index (χ2n) is 6.54. The predicted molar refractivity (Wildman–Crippen MR) is 124 cm³/mol. The molecule has 4 aromatic rings. The van der Waals surface area contributed by atoms with Crippen LogP contribution in [0.3, 0.4) is 0 Å². The van der Waals surface area contributed by atoms with E-state index in [4.69, 9.17) is 27.7 Å². The number of hydrogen-bond acceptors (Lipinski definition) is 6. The van der Waals surface area contributed by atoms with Gasteiger partial charge in [-0.25, -0.2) is 9.97 Å². The minimum atomic E-state index is -0.163. The summed E-state index contributed by atoms with van der Waals surface area (Å²) < 4.78 is 5.42. The molecule has 0 radical (unpaired) electrons. The molecule has 1 amide bonds. The van der Waals surface area contributed by atoms with E-state index in [0.717, 1.165) is 11.1 Å². The molecule has 0 unspecified atom stereocenters. The van der Waals surface area contributed by atoms with Gasteiger partial charge in [0.15, 0.2) is 5.16 Å². The van der Waals surface area contributed by atoms with E-state index >= 15 is 0 Å². The molecule has 2 aromatic carbocycles. The van der Waals surface area contributed by atoms with E-state index in [-0.39, 0.29) is 11.7 Å². The maximum atomic E-state index is 12.2. The number of amides is 1. The number of anilines is 1. The van der Waals surface area contributed by atoms with Crippen LogP contribution in [0.4, 0.5) is 5.69 Å². The first-order valence-corrected chi connectivity index (χ1v) is 11.0. The Hall–Kier alpha value is -2.87. The number of hydrogen-bond donors (Lipinski definition) is 1. The normalized spacial score (nSPS) is 10.8. The van der Waals surface area contributed by atoms with E-state index in [2.05, 4.69) is 20.4 Å². The lowest BCUT2D eigenvalue weighted by molar-refractivity contribution is -0.113. The molecule has 156 valence electrons. The smallest absolute Gasteiger partial charge is 0.234 e. The Labute approximate surface area is 193 Å². The van der Waals surface area contributed by atoms with E-state index in [9.17, 15) is 4.79 Å².